The average molecular weight is 629 g/mol. The van der Waals surface area contributed by atoms with Crippen LogP contribution in [0.5, 0.6) is 0 Å². The first-order valence-corrected chi connectivity index (χ1v) is 18.0. The van der Waals surface area contributed by atoms with Gasteiger partial charge < -0.3 is 10.0 Å². The molecule has 3 nitrogen and oxygen atoms in total. The van der Waals surface area contributed by atoms with Crippen molar-refractivity contribution in [2.24, 2.45) is 0 Å². The smallest absolute Gasteiger partial charge is 0.0805 e. The highest BCUT2D eigenvalue weighted by molar-refractivity contribution is 5.49. The third kappa shape index (κ3) is 11.0. The van der Waals surface area contributed by atoms with Crippen LogP contribution in [-0.2, 0) is 12.8 Å². The third-order valence-electron chi connectivity index (χ3n) is 10.6. The summed E-state index contributed by atoms with van der Waals surface area (Å²) in [5.74, 6) is 0. The van der Waals surface area contributed by atoms with Gasteiger partial charge in [-0.3, -0.25) is 4.90 Å². The second-order valence-electron chi connectivity index (χ2n) is 13.7. The molecule has 0 amide bonds. The van der Waals surface area contributed by atoms with Crippen molar-refractivity contribution in [3.8, 4) is 0 Å². The maximum absolute atomic E-state index is 10.6. The standard InChI is InChI=1S/C22H29NO.C22H27N/c1-23-20(16-15-18-9-4-2-5-10-18)13-8-14-21(23)17-22(24)19-11-6-3-7-12-19;1-23-21(17-15-19-9-4-2-5-10-19)13-8-14-22(23)18-16-20-11-6-3-7-12-20/h2-7,9-12,20-22,24H,8,13-17H2,1H3;2-7,9-12,15,17,21-22H,8,13-14,16,18H2,1H3/b;17-15+/t20-,21+,22+;21-,22+/m10/s1. The van der Waals surface area contributed by atoms with Crippen molar-refractivity contribution in [3.63, 3.8) is 0 Å². The fourth-order valence-corrected chi connectivity index (χ4v) is 7.56. The van der Waals surface area contributed by atoms with Gasteiger partial charge in [0.25, 0.3) is 0 Å². The molecule has 248 valence electrons. The SMILES string of the molecule is CN1[C@@H](CCc2ccccc2)CCC[C@H]1/C=C/c1ccccc1.CN1[C@@H](CCc2ccccc2)CCC[C@H]1C[C@H](O)c1ccccc1. The molecule has 0 aromatic heterocycles. The van der Waals surface area contributed by atoms with Crippen molar-refractivity contribution in [2.45, 2.75) is 101 Å². The van der Waals surface area contributed by atoms with Crippen LogP contribution in [0, 0.1) is 0 Å². The van der Waals surface area contributed by atoms with Crippen LogP contribution in [0.2, 0.25) is 0 Å². The predicted octanol–water partition coefficient (Wildman–Crippen LogP) is 9.78. The summed E-state index contributed by atoms with van der Waals surface area (Å²) in [5.41, 5.74) is 5.23. The van der Waals surface area contributed by atoms with E-state index in [1.165, 1.54) is 74.5 Å². The van der Waals surface area contributed by atoms with Gasteiger partial charge >= 0.3 is 0 Å². The van der Waals surface area contributed by atoms with Crippen LogP contribution in [0.1, 0.15) is 86.1 Å². The number of likely N-dealkylation sites (N-methyl/N-ethyl adjacent to an activating group) is 1. The Hall–Kier alpha value is -3.50. The molecular formula is C44H56N2O. The van der Waals surface area contributed by atoms with E-state index in [4.69, 9.17) is 0 Å². The maximum atomic E-state index is 10.6. The fourth-order valence-electron chi connectivity index (χ4n) is 7.56. The Morgan fingerprint density at radius 3 is 1.64 bits per heavy atom. The molecule has 4 aromatic carbocycles. The lowest BCUT2D eigenvalue weighted by atomic mass is 9.88. The molecule has 5 atom stereocenters. The van der Waals surface area contributed by atoms with E-state index in [9.17, 15) is 5.11 Å². The van der Waals surface area contributed by atoms with Crippen LogP contribution in [0.25, 0.3) is 6.08 Å². The van der Waals surface area contributed by atoms with E-state index < -0.39 is 0 Å². The summed E-state index contributed by atoms with van der Waals surface area (Å²) in [6, 6.07) is 44.7. The van der Waals surface area contributed by atoms with Gasteiger partial charge in [-0.05, 0) is 94.1 Å². The van der Waals surface area contributed by atoms with Crippen LogP contribution in [-0.4, -0.2) is 53.2 Å². The minimum absolute atomic E-state index is 0.355. The quantitative estimate of drug-likeness (QED) is 0.179. The Bertz CT molecular complexity index is 1430. The van der Waals surface area contributed by atoms with Gasteiger partial charge in [0.2, 0.25) is 0 Å². The Morgan fingerprint density at radius 2 is 1.06 bits per heavy atom. The van der Waals surface area contributed by atoms with E-state index in [-0.39, 0.29) is 6.10 Å². The molecule has 1 N–H and O–H groups in total. The minimum Gasteiger partial charge on any atom is -0.388 e. The van der Waals surface area contributed by atoms with Gasteiger partial charge in [0.05, 0.1) is 6.10 Å². The Labute approximate surface area is 285 Å². The molecule has 6 rings (SSSR count). The number of likely N-dealkylation sites (tertiary alicyclic amines) is 2. The largest absolute Gasteiger partial charge is 0.388 e. The molecule has 2 heterocycles. The first kappa shape index (κ1) is 34.8. The molecule has 3 heteroatoms. The first-order chi connectivity index (χ1) is 23.1. The van der Waals surface area contributed by atoms with E-state index in [0.717, 1.165) is 18.4 Å². The number of aliphatic hydroxyl groups excluding tert-OH is 1. The number of benzene rings is 4. The van der Waals surface area contributed by atoms with Gasteiger partial charge in [-0.1, -0.05) is 146 Å². The summed E-state index contributed by atoms with van der Waals surface area (Å²) < 4.78 is 0. The molecule has 0 spiro atoms. The topological polar surface area (TPSA) is 26.7 Å². The summed E-state index contributed by atoms with van der Waals surface area (Å²) in [4.78, 5) is 5.12. The number of hydrogen-bond donors (Lipinski definition) is 1. The minimum atomic E-state index is -0.355. The summed E-state index contributed by atoms with van der Waals surface area (Å²) in [6.07, 6.45) is 17.6. The number of nitrogens with zero attached hydrogens (tertiary/aromatic N) is 2. The van der Waals surface area contributed by atoms with Gasteiger partial charge in [-0.2, -0.15) is 0 Å². The lowest BCUT2D eigenvalue weighted by Gasteiger charge is -2.40. The molecular weight excluding hydrogens is 572 g/mol. The number of aryl methyl sites for hydroxylation is 2. The van der Waals surface area contributed by atoms with Crippen LogP contribution < -0.4 is 0 Å². The molecule has 2 saturated heterocycles. The van der Waals surface area contributed by atoms with Crippen molar-refractivity contribution in [2.75, 3.05) is 14.1 Å². The highest BCUT2D eigenvalue weighted by Gasteiger charge is 2.29. The zero-order valence-corrected chi connectivity index (χ0v) is 28.7. The zero-order chi connectivity index (χ0) is 32.7. The molecule has 4 aromatic rings. The van der Waals surface area contributed by atoms with Gasteiger partial charge in [0, 0.05) is 24.2 Å². The van der Waals surface area contributed by atoms with E-state index in [1.54, 1.807) is 0 Å². The lowest BCUT2D eigenvalue weighted by molar-refractivity contribution is 0.0585. The Morgan fingerprint density at radius 1 is 0.596 bits per heavy atom. The molecule has 2 fully saturated rings. The van der Waals surface area contributed by atoms with Crippen molar-refractivity contribution in [3.05, 3.63) is 150 Å². The average Bonchev–Trinajstić information content (AvgIpc) is 3.13. The second kappa shape index (κ2) is 18.7. The number of piperidine rings is 2. The van der Waals surface area contributed by atoms with E-state index in [2.05, 4.69) is 127 Å². The Kier molecular flexibility index (Phi) is 13.9. The van der Waals surface area contributed by atoms with Crippen molar-refractivity contribution in [1.29, 1.82) is 0 Å². The summed E-state index contributed by atoms with van der Waals surface area (Å²) >= 11 is 0. The predicted molar refractivity (Wildman–Crippen MR) is 199 cm³/mol. The fraction of sp³-hybridized carbons (Fsp3) is 0.409. The summed E-state index contributed by atoms with van der Waals surface area (Å²) in [7, 11) is 4.55. The highest BCUT2D eigenvalue weighted by Crippen LogP contribution is 2.31. The molecule has 0 bridgehead atoms. The van der Waals surface area contributed by atoms with Crippen molar-refractivity contribution >= 4 is 6.08 Å². The first-order valence-electron chi connectivity index (χ1n) is 18.0. The lowest BCUT2D eigenvalue weighted by Crippen LogP contribution is -2.44. The van der Waals surface area contributed by atoms with E-state index >= 15 is 0 Å². The molecule has 2 aliphatic heterocycles. The zero-order valence-electron chi connectivity index (χ0n) is 28.7. The molecule has 0 radical (unpaired) electrons. The molecule has 0 aliphatic carbocycles. The summed E-state index contributed by atoms with van der Waals surface area (Å²) in [6.45, 7) is 0. The van der Waals surface area contributed by atoms with Crippen LogP contribution >= 0.6 is 0 Å². The normalized spacial score (nSPS) is 22.8. The number of hydrogen-bond acceptors (Lipinski definition) is 3. The number of rotatable bonds is 11. The van der Waals surface area contributed by atoms with Crippen LogP contribution in [0.4, 0.5) is 0 Å². The highest BCUT2D eigenvalue weighted by atomic mass is 16.3. The Balaban J connectivity index is 0.000000185. The molecule has 47 heavy (non-hydrogen) atoms. The second-order valence-corrected chi connectivity index (χ2v) is 13.7. The third-order valence-corrected chi connectivity index (χ3v) is 10.6. The number of aliphatic hydroxyl groups is 1. The molecule has 2 aliphatic rings. The van der Waals surface area contributed by atoms with Gasteiger partial charge in [0.15, 0.2) is 0 Å². The van der Waals surface area contributed by atoms with Gasteiger partial charge in [-0.25, -0.2) is 0 Å². The van der Waals surface area contributed by atoms with Crippen LogP contribution in [0.15, 0.2) is 127 Å². The maximum Gasteiger partial charge on any atom is 0.0805 e. The van der Waals surface area contributed by atoms with Crippen molar-refractivity contribution < 1.29 is 5.11 Å². The van der Waals surface area contributed by atoms with Crippen molar-refractivity contribution in [1.82, 2.24) is 9.80 Å². The van der Waals surface area contributed by atoms with Gasteiger partial charge in [-0.15, -0.1) is 0 Å². The monoisotopic (exact) mass is 628 g/mol. The van der Waals surface area contributed by atoms with E-state index in [0.29, 0.717) is 24.2 Å². The van der Waals surface area contributed by atoms with E-state index in [1.807, 2.05) is 30.3 Å². The molecule has 0 unspecified atom stereocenters. The molecule has 0 saturated carbocycles. The van der Waals surface area contributed by atoms with Crippen LogP contribution in [0.3, 0.4) is 0 Å². The van der Waals surface area contributed by atoms with Gasteiger partial charge in [0.1, 0.15) is 0 Å². The summed E-state index contributed by atoms with van der Waals surface area (Å²) in [5, 5.41) is 10.6.